The summed E-state index contributed by atoms with van der Waals surface area (Å²) in [7, 11) is 0. The number of nitrogens with zero attached hydrogens (tertiary/aromatic N) is 5. The van der Waals surface area contributed by atoms with Crippen LogP contribution in [-0.4, -0.2) is 66.8 Å². The van der Waals surface area contributed by atoms with Crippen molar-refractivity contribution in [2.45, 2.75) is 75.5 Å². The molecule has 0 aromatic carbocycles. The van der Waals surface area contributed by atoms with Gasteiger partial charge in [-0.05, 0) is 51.4 Å². The fraction of sp³-hybridized carbons (Fsp3) is 0.636. The molecule has 2 fully saturated rings. The number of piperidine rings is 1. The van der Waals surface area contributed by atoms with Crippen LogP contribution in [-0.2, 0) is 0 Å². The third-order valence-corrected chi connectivity index (χ3v) is 6.98. The number of rotatable bonds is 5. The molecule has 2 aromatic heterocycles. The van der Waals surface area contributed by atoms with Crippen LogP contribution in [0.4, 0.5) is 16.6 Å². The summed E-state index contributed by atoms with van der Waals surface area (Å²) >= 11 is 0. The number of allylic oxidation sites excluding steroid dienone is 2. The number of carbonyl (C=O) groups is 1. The highest BCUT2D eigenvalue weighted by Crippen LogP contribution is 2.30. The molecule has 5 N–H and O–H groups in total. The Labute approximate surface area is 187 Å². The molecule has 1 atom stereocenters. The van der Waals surface area contributed by atoms with Gasteiger partial charge in [-0.2, -0.15) is 9.97 Å². The fourth-order valence-corrected chi connectivity index (χ4v) is 5.03. The zero-order valence-corrected chi connectivity index (χ0v) is 18.3. The van der Waals surface area contributed by atoms with Gasteiger partial charge >= 0.3 is 6.09 Å². The highest BCUT2D eigenvalue weighted by atomic mass is 16.4. The van der Waals surface area contributed by atoms with E-state index in [4.69, 9.17) is 15.7 Å². The monoisotopic (exact) mass is 440 g/mol. The van der Waals surface area contributed by atoms with Crippen LogP contribution in [0.25, 0.3) is 11.2 Å². The molecule has 172 valence electrons. The van der Waals surface area contributed by atoms with Crippen LogP contribution < -0.4 is 16.4 Å². The topological polar surface area (TPSA) is 134 Å². The molecular weight excluding hydrogens is 408 g/mol. The summed E-state index contributed by atoms with van der Waals surface area (Å²) in [6, 6.07) is 1.03. The maximum atomic E-state index is 11.2. The Balaban J connectivity index is 1.41. The number of carboxylic acid groups (broad SMARTS) is 1. The summed E-state index contributed by atoms with van der Waals surface area (Å²) in [5, 5.41) is 16.3. The van der Waals surface area contributed by atoms with E-state index in [1.54, 1.807) is 0 Å². The van der Waals surface area contributed by atoms with E-state index in [-0.39, 0.29) is 12.1 Å². The Bertz CT molecular complexity index is 989. The lowest BCUT2D eigenvalue weighted by atomic mass is 9.92. The molecule has 3 heterocycles. The Hall–Kier alpha value is -2.88. The van der Waals surface area contributed by atoms with Crippen LogP contribution in [0.15, 0.2) is 18.5 Å². The van der Waals surface area contributed by atoms with Crippen LogP contribution in [0.5, 0.6) is 0 Å². The van der Waals surface area contributed by atoms with Crippen molar-refractivity contribution in [2.24, 2.45) is 5.73 Å². The molecule has 2 aromatic rings. The van der Waals surface area contributed by atoms with Crippen LogP contribution in [0.2, 0.25) is 0 Å². The number of amides is 1. The Morgan fingerprint density at radius 2 is 1.78 bits per heavy atom. The molecule has 10 nitrogen and oxygen atoms in total. The Morgan fingerprint density at radius 1 is 1.03 bits per heavy atom. The van der Waals surface area contributed by atoms with E-state index in [9.17, 15) is 9.90 Å². The van der Waals surface area contributed by atoms with E-state index in [0.29, 0.717) is 31.1 Å². The first-order chi connectivity index (χ1) is 15.6. The number of hydrogen-bond acceptors (Lipinski definition) is 7. The second-order valence-corrected chi connectivity index (χ2v) is 9.24. The van der Waals surface area contributed by atoms with E-state index in [1.807, 2.05) is 6.33 Å². The van der Waals surface area contributed by atoms with Crippen molar-refractivity contribution in [3.8, 4) is 0 Å². The van der Waals surface area contributed by atoms with Gasteiger partial charge in [0.2, 0.25) is 5.95 Å². The maximum Gasteiger partial charge on any atom is 0.407 e. The van der Waals surface area contributed by atoms with Gasteiger partial charge in [0.15, 0.2) is 17.0 Å². The third kappa shape index (κ3) is 4.36. The number of likely N-dealkylation sites (tertiary alicyclic amines) is 1. The number of nitrogens with two attached hydrogens (primary N) is 1. The van der Waals surface area contributed by atoms with Crippen LogP contribution in [0.1, 0.15) is 57.4 Å². The number of imidazole rings is 1. The molecule has 1 saturated heterocycles. The lowest BCUT2D eigenvalue weighted by molar-refractivity contribution is 0.134. The van der Waals surface area contributed by atoms with Gasteiger partial charge in [0.05, 0.1) is 12.4 Å². The number of fused-ring (bicyclic) bond motifs is 1. The molecule has 10 heteroatoms. The molecular formula is C22H32N8O2. The van der Waals surface area contributed by atoms with Crippen molar-refractivity contribution in [2.75, 3.05) is 23.7 Å². The normalized spacial score (nSPS) is 26.5. The largest absolute Gasteiger partial charge is 0.465 e. The summed E-state index contributed by atoms with van der Waals surface area (Å²) < 4.78 is 2.14. The first-order valence-corrected chi connectivity index (χ1v) is 11.7. The van der Waals surface area contributed by atoms with Crippen molar-refractivity contribution < 1.29 is 9.90 Å². The lowest BCUT2D eigenvalue weighted by Gasteiger charge is -2.31. The van der Waals surface area contributed by atoms with Crippen LogP contribution in [0.3, 0.4) is 0 Å². The van der Waals surface area contributed by atoms with Gasteiger partial charge in [-0.25, -0.2) is 9.78 Å². The first-order valence-electron chi connectivity index (χ1n) is 11.7. The van der Waals surface area contributed by atoms with E-state index in [2.05, 4.69) is 32.3 Å². The molecule has 32 heavy (non-hydrogen) atoms. The predicted octanol–water partition coefficient (Wildman–Crippen LogP) is 2.95. The highest BCUT2D eigenvalue weighted by molar-refractivity contribution is 5.84. The average Bonchev–Trinajstić information content (AvgIpc) is 3.46. The summed E-state index contributed by atoms with van der Waals surface area (Å²) in [6.07, 6.45) is 13.1. The Morgan fingerprint density at radius 3 is 2.47 bits per heavy atom. The fourth-order valence-electron chi connectivity index (χ4n) is 5.03. The van der Waals surface area contributed by atoms with Crippen LogP contribution >= 0.6 is 0 Å². The van der Waals surface area contributed by atoms with Crippen molar-refractivity contribution in [1.29, 1.82) is 0 Å². The third-order valence-electron chi connectivity index (χ3n) is 6.98. The van der Waals surface area contributed by atoms with Gasteiger partial charge in [0.1, 0.15) is 0 Å². The quantitative estimate of drug-likeness (QED) is 0.521. The number of hydrogen-bond donors (Lipinski definition) is 4. The van der Waals surface area contributed by atoms with E-state index in [0.717, 1.165) is 68.3 Å². The minimum absolute atomic E-state index is 0.153. The van der Waals surface area contributed by atoms with E-state index in [1.165, 1.54) is 4.90 Å². The zero-order chi connectivity index (χ0) is 22.1. The van der Waals surface area contributed by atoms with Gasteiger partial charge in [-0.1, -0.05) is 12.2 Å². The zero-order valence-electron chi connectivity index (χ0n) is 18.3. The summed E-state index contributed by atoms with van der Waals surface area (Å²) in [4.78, 5) is 27.0. The van der Waals surface area contributed by atoms with Crippen molar-refractivity contribution >= 4 is 29.0 Å². The minimum Gasteiger partial charge on any atom is -0.465 e. The van der Waals surface area contributed by atoms with Crippen molar-refractivity contribution in [3.63, 3.8) is 0 Å². The molecule has 1 amide bonds. The first kappa shape index (κ1) is 21.0. The standard InChI is InChI=1S/C22H32N8O2/c23-14-5-7-15(8-6-14)26-21-27-19(25-16-9-11-29(12-10-16)22(31)32)18-20(28-21)30(13-24-18)17-3-1-2-4-17/h1,3,13-17H,2,4-12,23H2,(H,31,32)(H2,25,26,27,28). The van der Waals surface area contributed by atoms with E-state index < -0.39 is 6.09 Å². The molecule has 0 spiro atoms. The predicted molar refractivity (Wildman–Crippen MR) is 123 cm³/mol. The molecule has 0 bridgehead atoms. The highest BCUT2D eigenvalue weighted by Gasteiger charge is 2.26. The molecule has 1 aliphatic heterocycles. The smallest absolute Gasteiger partial charge is 0.407 e. The van der Waals surface area contributed by atoms with Gasteiger partial charge in [0.25, 0.3) is 0 Å². The molecule has 1 unspecified atom stereocenters. The summed E-state index contributed by atoms with van der Waals surface area (Å²) in [6.45, 7) is 1.05. The van der Waals surface area contributed by atoms with Crippen molar-refractivity contribution in [1.82, 2.24) is 24.4 Å². The molecule has 2 aliphatic carbocycles. The lowest BCUT2D eigenvalue weighted by Crippen LogP contribution is -2.41. The van der Waals surface area contributed by atoms with Crippen molar-refractivity contribution in [3.05, 3.63) is 18.5 Å². The number of nitrogens with one attached hydrogen (secondary N) is 2. The second-order valence-electron chi connectivity index (χ2n) is 9.24. The number of anilines is 2. The number of aromatic nitrogens is 4. The van der Waals surface area contributed by atoms with Crippen LogP contribution in [0, 0.1) is 0 Å². The minimum atomic E-state index is -0.852. The molecule has 1 saturated carbocycles. The maximum absolute atomic E-state index is 11.2. The van der Waals surface area contributed by atoms with Gasteiger partial charge in [0, 0.05) is 31.2 Å². The van der Waals surface area contributed by atoms with Gasteiger partial charge < -0.3 is 30.9 Å². The van der Waals surface area contributed by atoms with E-state index >= 15 is 0 Å². The summed E-state index contributed by atoms with van der Waals surface area (Å²) in [5.41, 5.74) is 7.67. The summed E-state index contributed by atoms with van der Waals surface area (Å²) in [5.74, 6) is 1.34. The van der Waals surface area contributed by atoms with Gasteiger partial charge in [-0.3, -0.25) is 0 Å². The second kappa shape index (κ2) is 8.93. The molecule has 0 radical (unpaired) electrons. The molecule has 5 rings (SSSR count). The Kier molecular flexibility index (Phi) is 5.86. The van der Waals surface area contributed by atoms with Gasteiger partial charge in [-0.15, -0.1) is 0 Å². The average molecular weight is 441 g/mol. The SMILES string of the molecule is NC1CCC(Nc2nc(NC3CCN(C(=O)O)CC3)c3ncn(C4C=CCC4)c3n2)CC1. The molecule has 3 aliphatic rings.